The Balaban J connectivity index is 2.36. The van der Waals surface area contributed by atoms with E-state index in [9.17, 15) is 0 Å². The van der Waals surface area contributed by atoms with Gasteiger partial charge in [-0.1, -0.05) is 5.16 Å². The van der Waals surface area contributed by atoms with Crippen LogP contribution in [0.15, 0.2) is 10.9 Å². The maximum Gasteiger partial charge on any atom is 0.213 e. The van der Waals surface area contributed by atoms with Gasteiger partial charge in [0.15, 0.2) is 5.82 Å². The number of aromatic nitrogens is 2. The van der Waals surface area contributed by atoms with Crippen molar-refractivity contribution in [1.29, 1.82) is 0 Å². The van der Waals surface area contributed by atoms with Gasteiger partial charge >= 0.3 is 0 Å². The minimum absolute atomic E-state index is 0.109. The van der Waals surface area contributed by atoms with E-state index in [-0.39, 0.29) is 6.04 Å². The van der Waals surface area contributed by atoms with Crippen LogP contribution in [-0.4, -0.2) is 23.2 Å². The van der Waals surface area contributed by atoms with Gasteiger partial charge in [-0.2, -0.15) is 4.98 Å². The second-order valence-corrected chi connectivity index (χ2v) is 2.25. The van der Waals surface area contributed by atoms with Crippen LogP contribution in [0.25, 0.3) is 0 Å². The van der Waals surface area contributed by atoms with Gasteiger partial charge in [-0.25, -0.2) is 0 Å². The minimum Gasteiger partial charge on any atom is -0.343 e. The Hall–Kier alpha value is -0.940. The van der Waals surface area contributed by atoms with Gasteiger partial charge in [-0.15, -0.1) is 0 Å². The van der Waals surface area contributed by atoms with Crippen molar-refractivity contribution in [2.75, 3.05) is 13.1 Å². The van der Waals surface area contributed by atoms with Gasteiger partial charge < -0.3 is 15.6 Å². The third-order valence-electron chi connectivity index (χ3n) is 1.36. The molecule has 0 saturated heterocycles. The third kappa shape index (κ3) is 2.28. The molecule has 1 unspecified atom stereocenters. The third-order valence-corrected chi connectivity index (χ3v) is 1.36. The van der Waals surface area contributed by atoms with Crippen LogP contribution in [0.1, 0.15) is 18.8 Å². The predicted octanol–water partition coefficient (Wildman–Crippen LogP) is -0.321. The van der Waals surface area contributed by atoms with Crippen molar-refractivity contribution in [2.24, 2.45) is 5.73 Å². The van der Waals surface area contributed by atoms with Gasteiger partial charge in [0.2, 0.25) is 6.39 Å². The Kier molecular flexibility index (Phi) is 3.00. The lowest BCUT2D eigenvalue weighted by atomic mass is 10.3. The molecule has 0 spiro atoms. The molecule has 1 aromatic rings. The van der Waals surface area contributed by atoms with E-state index >= 15 is 0 Å². The van der Waals surface area contributed by atoms with Crippen LogP contribution in [0.3, 0.4) is 0 Å². The highest BCUT2D eigenvalue weighted by atomic mass is 16.5. The summed E-state index contributed by atoms with van der Waals surface area (Å²) in [7, 11) is 0. The van der Waals surface area contributed by atoms with E-state index in [1.807, 2.05) is 6.92 Å². The fourth-order valence-electron chi connectivity index (χ4n) is 0.761. The summed E-state index contributed by atoms with van der Waals surface area (Å²) in [5, 5.41) is 6.80. The van der Waals surface area contributed by atoms with Crippen LogP contribution in [0.5, 0.6) is 0 Å². The molecule has 0 saturated carbocycles. The number of nitrogens with zero attached hydrogens (tertiary/aromatic N) is 2. The number of hydrogen-bond donors (Lipinski definition) is 2. The van der Waals surface area contributed by atoms with E-state index in [2.05, 4.69) is 20.0 Å². The Morgan fingerprint density at radius 2 is 2.64 bits per heavy atom. The van der Waals surface area contributed by atoms with Crippen LogP contribution in [0.2, 0.25) is 0 Å². The lowest BCUT2D eigenvalue weighted by molar-refractivity contribution is 0.399. The van der Waals surface area contributed by atoms with Crippen LogP contribution < -0.4 is 11.1 Å². The zero-order chi connectivity index (χ0) is 8.10. The van der Waals surface area contributed by atoms with Crippen molar-refractivity contribution in [3.05, 3.63) is 12.2 Å². The van der Waals surface area contributed by atoms with Gasteiger partial charge in [0.05, 0.1) is 6.04 Å². The van der Waals surface area contributed by atoms with Gasteiger partial charge in [-0.3, -0.25) is 0 Å². The maximum absolute atomic E-state index is 5.30. The van der Waals surface area contributed by atoms with E-state index in [0.29, 0.717) is 12.4 Å². The quantitative estimate of drug-likeness (QED) is 0.624. The summed E-state index contributed by atoms with van der Waals surface area (Å²) < 4.78 is 4.58. The molecule has 11 heavy (non-hydrogen) atoms. The lowest BCUT2D eigenvalue weighted by Crippen LogP contribution is -2.26. The summed E-state index contributed by atoms with van der Waals surface area (Å²) in [4.78, 5) is 3.89. The Bertz CT molecular complexity index is 186. The molecule has 0 bridgehead atoms. The SMILES string of the molecule is CC(NCCN)c1ncon1. The molecule has 1 rings (SSSR count). The number of hydrogen-bond acceptors (Lipinski definition) is 5. The Morgan fingerprint density at radius 3 is 3.18 bits per heavy atom. The van der Waals surface area contributed by atoms with Crippen LogP contribution in [0, 0.1) is 0 Å². The van der Waals surface area contributed by atoms with Gasteiger partial charge in [-0.05, 0) is 6.92 Å². The highest BCUT2D eigenvalue weighted by molar-refractivity contribution is 4.86. The average molecular weight is 156 g/mol. The van der Waals surface area contributed by atoms with Crippen LogP contribution >= 0.6 is 0 Å². The molecular weight excluding hydrogens is 144 g/mol. The molecule has 1 aromatic heterocycles. The standard InChI is InChI=1S/C6H12N4O/c1-5(8-3-2-7)6-9-4-11-10-6/h4-5,8H,2-3,7H2,1H3. The summed E-state index contributed by atoms with van der Waals surface area (Å²) in [5.41, 5.74) is 5.30. The van der Waals surface area contributed by atoms with Crippen LogP contribution in [-0.2, 0) is 0 Å². The highest BCUT2D eigenvalue weighted by Crippen LogP contribution is 2.03. The number of rotatable bonds is 4. The van der Waals surface area contributed by atoms with Crippen LogP contribution in [0.4, 0.5) is 0 Å². The molecule has 5 nitrogen and oxygen atoms in total. The zero-order valence-corrected chi connectivity index (χ0v) is 6.45. The van der Waals surface area contributed by atoms with E-state index in [1.54, 1.807) is 0 Å². The fourth-order valence-corrected chi connectivity index (χ4v) is 0.761. The van der Waals surface area contributed by atoms with Gasteiger partial charge in [0.25, 0.3) is 0 Å². The second kappa shape index (κ2) is 4.05. The molecule has 3 N–H and O–H groups in total. The van der Waals surface area contributed by atoms with Crippen molar-refractivity contribution in [2.45, 2.75) is 13.0 Å². The normalized spacial score (nSPS) is 13.3. The van der Waals surface area contributed by atoms with Crippen molar-refractivity contribution < 1.29 is 4.52 Å². The number of nitrogens with one attached hydrogen (secondary N) is 1. The summed E-state index contributed by atoms with van der Waals surface area (Å²) >= 11 is 0. The molecule has 0 radical (unpaired) electrons. The smallest absolute Gasteiger partial charge is 0.213 e. The first kappa shape index (κ1) is 8.16. The van der Waals surface area contributed by atoms with E-state index in [0.717, 1.165) is 6.54 Å². The first-order valence-electron chi connectivity index (χ1n) is 3.54. The summed E-state index contributed by atoms with van der Waals surface area (Å²) in [6, 6.07) is 0.109. The summed E-state index contributed by atoms with van der Waals surface area (Å²) in [6.45, 7) is 3.33. The molecule has 0 amide bonds. The lowest BCUT2D eigenvalue weighted by Gasteiger charge is -2.06. The van der Waals surface area contributed by atoms with Crippen molar-refractivity contribution in [3.63, 3.8) is 0 Å². The second-order valence-electron chi connectivity index (χ2n) is 2.25. The summed E-state index contributed by atoms with van der Waals surface area (Å²) in [6.07, 6.45) is 1.32. The maximum atomic E-state index is 5.30. The average Bonchev–Trinajstić information content (AvgIpc) is 2.52. The molecular formula is C6H12N4O. The molecule has 0 aliphatic heterocycles. The highest BCUT2D eigenvalue weighted by Gasteiger charge is 2.07. The zero-order valence-electron chi connectivity index (χ0n) is 6.45. The van der Waals surface area contributed by atoms with Gasteiger partial charge in [0, 0.05) is 13.1 Å². The topological polar surface area (TPSA) is 77.0 Å². The molecule has 0 aromatic carbocycles. The van der Waals surface area contributed by atoms with Crippen molar-refractivity contribution >= 4 is 0 Å². The Labute approximate surface area is 65.0 Å². The molecule has 0 fully saturated rings. The molecule has 1 heterocycles. The van der Waals surface area contributed by atoms with Crippen molar-refractivity contribution in [3.8, 4) is 0 Å². The predicted molar refractivity (Wildman–Crippen MR) is 39.8 cm³/mol. The largest absolute Gasteiger partial charge is 0.343 e. The molecule has 1 atom stereocenters. The molecule has 0 aliphatic rings. The monoisotopic (exact) mass is 156 g/mol. The molecule has 0 aliphatic carbocycles. The van der Waals surface area contributed by atoms with E-state index in [4.69, 9.17) is 5.73 Å². The van der Waals surface area contributed by atoms with E-state index in [1.165, 1.54) is 6.39 Å². The van der Waals surface area contributed by atoms with Gasteiger partial charge in [0.1, 0.15) is 0 Å². The number of nitrogens with two attached hydrogens (primary N) is 1. The fraction of sp³-hybridized carbons (Fsp3) is 0.667. The Morgan fingerprint density at radius 1 is 1.82 bits per heavy atom. The molecule has 5 heteroatoms. The van der Waals surface area contributed by atoms with Crippen molar-refractivity contribution in [1.82, 2.24) is 15.5 Å². The minimum atomic E-state index is 0.109. The summed E-state index contributed by atoms with van der Waals surface area (Å²) in [5.74, 6) is 0.665. The molecule has 62 valence electrons. The first-order valence-corrected chi connectivity index (χ1v) is 3.54. The van der Waals surface area contributed by atoms with E-state index < -0.39 is 0 Å². The first-order chi connectivity index (χ1) is 5.34.